The molecule has 88 valence electrons. The number of nitrogens with two attached hydrogens (primary N) is 1. The first-order valence-electron chi connectivity index (χ1n) is 5.42. The monoisotopic (exact) mass is 240 g/mol. The fourth-order valence-electron chi connectivity index (χ4n) is 1.34. The average molecular weight is 241 g/mol. The van der Waals surface area contributed by atoms with Crippen LogP contribution in [-0.4, -0.2) is 19.0 Å². The SMILES string of the molecule is NCCCCNC(=O)C(Cl)c1ccccc1. The van der Waals surface area contributed by atoms with Crippen LogP contribution in [0.5, 0.6) is 0 Å². The lowest BCUT2D eigenvalue weighted by molar-refractivity contribution is -0.120. The number of carbonyl (C=O) groups is 1. The Morgan fingerprint density at radius 2 is 2.00 bits per heavy atom. The summed E-state index contributed by atoms with van der Waals surface area (Å²) in [7, 11) is 0. The summed E-state index contributed by atoms with van der Waals surface area (Å²) in [4.78, 5) is 11.6. The van der Waals surface area contributed by atoms with Crippen LogP contribution in [0.4, 0.5) is 0 Å². The van der Waals surface area contributed by atoms with Crippen molar-refractivity contribution in [3.05, 3.63) is 35.9 Å². The number of amides is 1. The highest BCUT2D eigenvalue weighted by atomic mass is 35.5. The van der Waals surface area contributed by atoms with Gasteiger partial charge in [0.25, 0.3) is 0 Å². The molecule has 1 unspecified atom stereocenters. The molecular formula is C12H17ClN2O. The Morgan fingerprint density at radius 1 is 1.31 bits per heavy atom. The smallest absolute Gasteiger partial charge is 0.242 e. The Kier molecular flexibility index (Phi) is 5.90. The van der Waals surface area contributed by atoms with Gasteiger partial charge < -0.3 is 11.1 Å². The second kappa shape index (κ2) is 7.25. The molecule has 0 saturated heterocycles. The molecule has 4 heteroatoms. The Labute approximate surface area is 101 Å². The van der Waals surface area contributed by atoms with Crippen LogP contribution in [0.1, 0.15) is 23.8 Å². The van der Waals surface area contributed by atoms with E-state index in [2.05, 4.69) is 5.32 Å². The van der Waals surface area contributed by atoms with Crippen LogP contribution in [0.2, 0.25) is 0 Å². The Morgan fingerprint density at radius 3 is 2.62 bits per heavy atom. The zero-order valence-corrected chi connectivity index (χ0v) is 9.91. The van der Waals surface area contributed by atoms with E-state index in [1.807, 2.05) is 30.3 Å². The number of carbonyl (C=O) groups excluding carboxylic acids is 1. The first kappa shape index (κ1) is 13.0. The van der Waals surface area contributed by atoms with Crippen LogP contribution >= 0.6 is 11.6 Å². The van der Waals surface area contributed by atoms with Gasteiger partial charge >= 0.3 is 0 Å². The maximum absolute atomic E-state index is 11.6. The third kappa shape index (κ3) is 4.21. The molecule has 0 heterocycles. The summed E-state index contributed by atoms with van der Waals surface area (Å²) in [6.07, 6.45) is 1.80. The number of unbranched alkanes of at least 4 members (excludes halogenated alkanes) is 1. The van der Waals surface area contributed by atoms with Crippen molar-refractivity contribution in [3.63, 3.8) is 0 Å². The third-order valence-corrected chi connectivity index (χ3v) is 2.70. The molecule has 1 amide bonds. The molecular weight excluding hydrogens is 224 g/mol. The van der Waals surface area contributed by atoms with E-state index >= 15 is 0 Å². The van der Waals surface area contributed by atoms with Gasteiger partial charge in [-0.1, -0.05) is 30.3 Å². The molecule has 1 aromatic rings. The lowest BCUT2D eigenvalue weighted by Crippen LogP contribution is -2.28. The molecule has 0 fully saturated rings. The van der Waals surface area contributed by atoms with E-state index < -0.39 is 5.38 Å². The predicted molar refractivity (Wildman–Crippen MR) is 66.3 cm³/mol. The number of rotatable bonds is 6. The fraction of sp³-hybridized carbons (Fsp3) is 0.417. The van der Waals surface area contributed by atoms with Crippen molar-refractivity contribution in [2.45, 2.75) is 18.2 Å². The summed E-state index contributed by atoms with van der Waals surface area (Å²) in [6, 6.07) is 9.32. The summed E-state index contributed by atoms with van der Waals surface area (Å²) >= 11 is 6.03. The highest BCUT2D eigenvalue weighted by Gasteiger charge is 2.16. The van der Waals surface area contributed by atoms with Crippen molar-refractivity contribution < 1.29 is 4.79 Å². The van der Waals surface area contributed by atoms with Gasteiger partial charge in [-0.3, -0.25) is 4.79 Å². The van der Waals surface area contributed by atoms with Crippen LogP contribution in [0, 0.1) is 0 Å². The molecule has 0 aliphatic rings. The van der Waals surface area contributed by atoms with Gasteiger partial charge in [0.1, 0.15) is 5.38 Å². The lowest BCUT2D eigenvalue weighted by Gasteiger charge is -2.10. The fourth-order valence-corrected chi connectivity index (χ4v) is 1.57. The summed E-state index contributed by atoms with van der Waals surface area (Å²) in [5, 5.41) is 2.18. The number of nitrogens with one attached hydrogen (secondary N) is 1. The molecule has 0 spiro atoms. The summed E-state index contributed by atoms with van der Waals surface area (Å²) < 4.78 is 0. The number of alkyl halides is 1. The van der Waals surface area contributed by atoms with E-state index in [1.54, 1.807) is 0 Å². The molecule has 0 saturated carbocycles. The van der Waals surface area contributed by atoms with E-state index in [9.17, 15) is 4.79 Å². The second-order valence-electron chi connectivity index (χ2n) is 3.56. The van der Waals surface area contributed by atoms with Gasteiger partial charge in [-0.05, 0) is 24.9 Å². The summed E-state index contributed by atoms with van der Waals surface area (Å²) in [5.41, 5.74) is 6.18. The van der Waals surface area contributed by atoms with Crippen LogP contribution < -0.4 is 11.1 Å². The molecule has 0 radical (unpaired) electrons. The van der Waals surface area contributed by atoms with E-state index in [4.69, 9.17) is 17.3 Å². The van der Waals surface area contributed by atoms with Gasteiger partial charge in [-0.2, -0.15) is 0 Å². The predicted octanol–water partition coefficient (Wildman–Crippen LogP) is 1.82. The molecule has 0 aromatic heterocycles. The van der Waals surface area contributed by atoms with Crippen molar-refractivity contribution in [1.29, 1.82) is 0 Å². The molecule has 16 heavy (non-hydrogen) atoms. The van der Waals surface area contributed by atoms with Gasteiger partial charge in [-0.25, -0.2) is 0 Å². The molecule has 0 bridgehead atoms. The van der Waals surface area contributed by atoms with E-state index in [-0.39, 0.29) is 5.91 Å². The Bertz CT molecular complexity index is 316. The normalized spacial score (nSPS) is 12.1. The first-order chi connectivity index (χ1) is 7.75. The number of hydrogen-bond donors (Lipinski definition) is 2. The van der Waals surface area contributed by atoms with Crippen molar-refractivity contribution in [2.24, 2.45) is 5.73 Å². The Balaban J connectivity index is 2.37. The summed E-state index contributed by atoms with van der Waals surface area (Å²) in [5.74, 6) is -0.148. The highest BCUT2D eigenvalue weighted by Crippen LogP contribution is 2.19. The van der Waals surface area contributed by atoms with E-state index in [0.29, 0.717) is 13.1 Å². The molecule has 1 atom stereocenters. The standard InChI is InChI=1S/C12H17ClN2O/c13-11(10-6-2-1-3-7-10)12(16)15-9-5-4-8-14/h1-3,6-7,11H,4-5,8-9,14H2,(H,15,16). The van der Waals surface area contributed by atoms with Gasteiger partial charge in [0.2, 0.25) is 5.91 Å². The zero-order chi connectivity index (χ0) is 11.8. The molecule has 0 aliphatic heterocycles. The molecule has 1 rings (SSSR count). The van der Waals surface area contributed by atoms with Crippen molar-refractivity contribution in [2.75, 3.05) is 13.1 Å². The van der Waals surface area contributed by atoms with Crippen LogP contribution in [-0.2, 0) is 4.79 Å². The molecule has 0 aliphatic carbocycles. The van der Waals surface area contributed by atoms with Crippen molar-refractivity contribution in [1.82, 2.24) is 5.32 Å². The number of halogens is 1. The van der Waals surface area contributed by atoms with Gasteiger partial charge in [0.15, 0.2) is 0 Å². The minimum Gasteiger partial charge on any atom is -0.355 e. The lowest BCUT2D eigenvalue weighted by atomic mass is 10.1. The van der Waals surface area contributed by atoms with E-state index in [0.717, 1.165) is 18.4 Å². The largest absolute Gasteiger partial charge is 0.355 e. The van der Waals surface area contributed by atoms with Crippen LogP contribution in [0.15, 0.2) is 30.3 Å². The van der Waals surface area contributed by atoms with Crippen molar-refractivity contribution >= 4 is 17.5 Å². The number of benzene rings is 1. The maximum atomic E-state index is 11.6. The van der Waals surface area contributed by atoms with E-state index in [1.165, 1.54) is 0 Å². The topological polar surface area (TPSA) is 55.1 Å². The third-order valence-electron chi connectivity index (χ3n) is 2.25. The second-order valence-corrected chi connectivity index (χ2v) is 4.00. The van der Waals surface area contributed by atoms with Gasteiger partial charge in [-0.15, -0.1) is 11.6 Å². The minimum atomic E-state index is -0.612. The Hall–Kier alpha value is -1.06. The van der Waals surface area contributed by atoms with Gasteiger partial charge in [0, 0.05) is 6.54 Å². The summed E-state index contributed by atoms with van der Waals surface area (Å²) in [6.45, 7) is 1.28. The molecule has 3 N–H and O–H groups in total. The van der Waals surface area contributed by atoms with Crippen LogP contribution in [0.3, 0.4) is 0 Å². The zero-order valence-electron chi connectivity index (χ0n) is 9.16. The van der Waals surface area contributed by atoms with Gasteiger partial charge in [0.05, 0.1) is 0 Å². The maximum Gasteiger partial charge on any atom is 0.242 e. The minimum absolute atomic E-state index is 0.148. The molecule has 1 aromatic carbocycles. The number of hydrogen-bond acceptors (Lipinski definition) is 2. The van der Waals surface area contributed by atoms with Crippen molar-refractivity contribution in [3.8, 4) is 0 Å². The molecule has 3 nitrogen and oxygen atoms in total. The van der Waals surface area contributed by atoms with Crippen LogP contribution in [0.25, 0.3) is 0 Å². The quantitative estimate of drug-likeness (QED) is 0.589. The first-order valence-corrected chi connectivity index (χ1v) is 5.86. The highest BCUT2D eigenvalue weighted by molar-refractivity contribution is 6.30. The average Bonchev–Trinajstić information content (AvgIpc) is 2.34.